The fourth-order valence-corrected chi connectivity index (χ4v) is 1.80. The molecule has 1 atom stereocenters. The summed E-state index contributed by atoms with van der Waals surface area (Å²) in [5.41, 5.74) is 8.29. The van der Waals surface area contributed by atoms with Gasteiger partial charge >= 0.3 is 0 Å². The second kappa shape index (κ2) is 3.66. The number of fused-ring (bicyclic) bond motifs is 1. The maximum Gasteiger partial charge on any atom is 0.0872 e. The predicted octanol–water partition coefficient (Wildman–Crippen LogP) is 2.23. The van der Waals surface area contributed by atoms with Gasteiger partial charge in [0.2, 0.25) is 0 Å². The average molecular weight is 203 g/mol. The molecule has 0 amide bonds. The minimum absolute atomic E-state index is 0.0103. The van der Waals surface area contributed by atoms with Crippen LogP contribution < -0.4 is 5.73 Å². The van der Waals surface area contributed by atoms with Crippen LogP contribution in [-0.2, 0) is 7.05 Å². The van der Waals surface area contributed by atoms with Gasteiger partial charge in [-0.1, -0.05) is 32.0 Å². The lowest BCUT2D eigenvalue weighted by molar-refractivity contribution is 0.499. The fraction of sp³-hybridized carbons (Fsp3) is 0.417. The van der Waals surface area contributed by atoms with E-state index in [1.165, 1.54) is 5.39 Å². The summed E-state index contributed by atoms with van der Waals surface area (Å²) in [4.78, 5) is 0. The van der Waals surface area contributed by atoms with Crippen LogP contribution in [0.4, 0.5) is 0 Å². The van der Waals surface area contributed by atoms with Crippen molar-refractivity contribution >= 4 is 10.9 Å². The number of hydrogen-bond acceptors (Lipinski definition) is 2. The second-order valence-electron chi connectivity index (χ2n) is 4.30. The number of nitrogens with zero attached hydrogens (tertiary/aromatic N) is 2. The highest BCUT2D eigenvalue weighted by Crippen LogP contribution is 2.25. The fourth-order valence-electron chi connectivity index (χ4n) is 1.80. The van der Waals surface area contributed by atoms with Crippen molar-refractivity contribution in [2.45, 2.75) is 19.9 Å². The highest BCUT2D eigenvalue weighted by molar-refractivity contribution is 5.82. The number of benzene rings is 1. The smallest absolute Gasteiger partial charge is 0.0872 e. The summed E-state index contributed by atoms with van der Waals surface area (Å²) in [5.74, 6) is 0.406. The molecular formula is C12H17N3. The molecular weight excluding hydrogens is 186 g/mol. The molecule has 3 heteroatoms. The molecule has 80 valence electrons. The molecule has 0 aliphatic heterocycles. The normalized spacial score (nSPS) is 13.7. The van der Waals surface area contributed by atoms with E-state index in [-0.39, 0.29) is 6.04 Å². The van der Waals surface area contributed by atoms with Crippen molar-refractivity contribution in [3.05, 3.63) is 30.0 Å². The van der Waals surface area contributed by atoms with Crippen LogP contribution in [0.1, 0.15) is 25.6 Å². The van der Waals surface area contributed by atoms with E-state index in [0.717, 1.165) is 11.2 Å². The Kier molecular flexibility index (Phi) is 2.49. The van der Waals surface area contributed by atoms with E-state index in [9.17, 15) is 0 Å². The van der Waals surface area contributed by atoms with Crippen LogP contribution in [0.5, 0.6) is 0 Å². The van der Waals surface area contributed by atoms with E-state index in [4.69, 9.17) is 5.73 Å². The Bertz CT molecular complexity index is 471. The summed E-state index contributed by atoms with van der Waals surface area (Å²) in [6.07, 6.45) is 0. The van der Waals surface area contributed by atoms with Crippen LogP contribution >= 0.6 is 0 Å². The molecule has 0 saturated heterocycles. The third-order valence-electron chi connectivity index (χ3n) is 2.82. The van der Waals surface area contributed by atoms with Crippen molar-refractivity contribution < 1.29 is 0 Å². The first-order chi connectivity index (χ1) is 7.11. The first-order valence-corrected chi connectivity index (χ1v) is 5.28. The maximum absolute atomic E-state index is 6.14. The number of hydrogen-bond donors (Lipinski definition) is 1. The van der Waals surface area contributed by atoms with Crippen molar-refractivity contribution in [1.82, 2.24) is 9.78 Å². The molecule has 1 aromatic carbocycles. The first-order valence-electron chi connectivity index (χ1n) is 5.28. The Labute approximate surface area is 89.9 Å². The zero-order valence-corrected chi connectivity index (χ0v) is 9.44. The SMILES string of the molecule is CC(C)C(N)c1nn(C)c2ccccc12. The molecule has 0 spiro atoms. The first kappa shape index (κ1) is 10.2. The zero-order valence-electron chi connectivity index (χ0n) is 9.44. The third kappa shape index (κ3) is 1.63. The van der Waals surface area contributed by atoms with Gasteiger partial charge in [0.15, 0.2) is 0 Å². The van der Waals surface area contributed by atoms with Gasteiger partial charge in [-0.15, -0.1) is 0 Å². The molecule has 1 heterocycles. The summed E-state index contributed by atoms with van der Waals surface area (Å²) < 4.78 is 1.90. The molecule has 15 heavy (non-hydrogen) atoms. The molecule has 3 nitrogen and oxygen atoms in total. The average Bonchev–Trinajstić information content (AvgIpc) is 2.56. The lowest BCUT2D eigenvalue weighted by Gasteiger charge is -2.12. The van der Waals surface area contributed by atoms with E-state index in [1.807, 2.05) is 23.9 Å². The van der Waals surface area contributed by atoms with Crippen LogP contribution in [0, 0.1) is 5.92 Å². The summed E-state index contributed by atoms with van der Waals surface area (Å²) in [6.45, 7) is 4.24. The number of para-hydroxylation sites is 1. The van der Waals surface area contributed by atoms with Gasteiger partial charge in [0.1, 0.15) is 0 Å². The van der Waals surface area contributed by atoms with Crippen molar-refractivity contribution in [2.75, 3.05) is 0 Å². The van der Waals surface area contributed by atoms with Crippen molar-refractivity contribution in [2.24, 2.45) is 18.7 Å². The van der Waals surface area contributed by atoms with E-state index in [0.29, 0.717) is 5.92 Å². The quantitative estimate of drug-likeness (QED) is 0.813. The molecule has 1 aromatic heterocycles. The number of aromatic nitrogens is 2. The van der Waals surface area contributed by atoms with Crippen LogP contribution in [0.15, 0.2) is 24.3 Å². The van der Waals surface area contributed by atoms with Crippen LogP contribution in [0.3, 0.4) is 0 Å². The summed E-state index contributed by atoms with van der Waals surface area (Å²) in [6, 6.07) is 8.21. The largest absolute Gasteiger partial charge is 0.322 e. The lowest BCUT2D eigenvalue weighted by atomic mass is 9.99. The Balaban J connectivity index is 2.62. The number of aryl methyl sites for hydroxylation is 1. The van der Waals surface area contributed by atoms with E-state index in [1.54, 1.807) is 0 Å². The van der Waals surface area contributed by atoms with Crippen molar-refractivity contribution in [3.63, 3.8) is 0 Å². The zero-order chi connectivity index (χ0) is 11.0. The molecule has 0 saturated carbocycles. The molecule has 0 bridgehead atoms. The van der Waals surface area contributed by atoms with Gasteiger partial charge in [-0.3, -0.25) is 4.68 Å². The topological polar surface area (TPSA) is 43.8 Å². The van der Waals surface area contributed by atoms with E-state index in [2.05, 4.69) is 31.1 Å². The van der Waals surface area contributed by atoms with Crippen molar-refractivity contribution in [1.29, 1.82) is 0 Å². The van der Waals surface area contributed by atoms with Crippen LogP contribution in [0.25, 0.3) is 10.9 Å². The molecule has 0 fully saturated rings. The molecule has 1 unspecified atom stereocenters. The third-order valence-corrected chi connectivity index (χ3v) is 2.82. The lowest BCUT2D eigenvalue weighted by Crippen LogP contribution is -2.17. The molecule has 0 radical (unpaired) electrons. The van der Waals surface area contributed by atoms with Gasteiger partial charge in [-0.05, 0) is 12.0 Å². The van der Waals surface area contributed by atoms with Gasteiger partial charge in [0.05, 0.1) is 17.3 Å². The van der Waals surface area contributed by atoms with E-state index < -0.39 is 0 Å². The second-order valence-corrected chi connectivity index (χ2v) is 4.30. The van der Waals surface area contributed by atoms with Gasteiger partial charge in [0.25, 0.3) is 0 Å². The predicted molar refractivity (Wildman–Crippen MR) is 62.5 cm³/mol. The molecule has 0 aliphatic rings. The maximum atomic E-state index is 6.14. The van der Waals surface area contributed by atoms with Crippen LogP contribution in [-0.4, -0.2) is 9.78 Å². The highest BCUT2D eigenvalue weighted by atomic mass is 15.3. The van der Waals surface area contributed by atoms with Gasteiger partial charge in [-0.2, -0.15) is 5.10 Å². The monoisotopic (exact) mass is 203 g/mol. The summed E-state index contributed by atoms with van der Waals surface area (Å²) in [5, 5.41) is 5.67. The van der Waals surface area contributed by atoms with Crippen molar-refractivity contribution in [3.8, 4) is 0 Å². The van der Waals surface area contributed by atoms with Gasteiger partial charge < -0.3 is 5.73 Å². The van der Waals surface area contributed by atoms with Gasteiger partial charge in [0, 0.05) is 12.4 Å². The Morgan fingerprint density at radius 1 is 1.27 bits per heavy atom. The Morgan fingerprint density at radius 2 is 1.93 bits per heavy atom. The summed E-state index contributed by atoms with van der Waals surface area (Å²) in [7, 11) is 1.96. The number of rotatable bonds is 2. The minimum atomic E-state index is 0.0103. The minimum Gasteiger partial charge on any atom is -0.322 e. The van der Waals surface area contributed by atoms with Crippen LogP contribution in [0.2, 0.25) is 0 Å². The Morgan fingerprint density at radius 3 is 2.60 bits per heavy atom. The van der Waals surface area contributed by atoms with Gasteiger partial charge in [-0.25, -0.2) is 0 Å². The Hall–Kier alpha value is -1.35. The highest BCUT2D eigenvalue weighted by Gasteiger charge is 2.17. The summed E-state index contributed by atoms with van der Waals surface area (Å²) >= 11 is 0. The number of nitrogens with two attached hydrogens (primary N) is 1. The molecule has 2 aromatic rings. The molecule has 0 aliphatic carbocycles. The van der Waals surface area contributed by atoms with E-state index >= 15 is 0 Å². The standard InChI is InChI=1S/C12H17N3/c1-8(2)11(13)12-9-6-4-5-7-10(9)15(3)14-12/h4-8,11H,13H2,1-3H3. The molecule has 2 N–H and O–H groups in total. The molecule has 2 rings (SSSR count).